The van der Waals surface area contributed by atoms with Crippen molar-refractivity contribution in [2.75, 3.05) is 5.32 Å². The highest BCUT2D eigenvalue weighted by Crippen LogP contribution is 2.27. The Morgan fingerprint density at radius 2 is 1.86 bits per heavy atom. The molecule has 1 atom stereocenters. The number of rotatable bonds is 4. The molecule has 4 N–H and O–H groups in total. The number of nitrogens with zero attached hydrogens (tertiary/aromatic N) is 1. The molecule has 1 aromatic heterocycles. The summed E-state index contributed by atoms with van der Waals surface area (Å²) in [6, 6.07) is 6.28. The predicted octanol–water partition coefficient (Wildman–Crippen LogP) is 3.31. The molecule has 0 aliphatic carbocycles. The van der Waals surface area contributed by atoms with Crippen molar-refractivity contribution in [2.45, 2.75) is 19.9 Å². The second-order valence-electron chi connectivity index (χ2n) is 5.08. The van der Waals surface area contributed by atoms with Crippen LogP contribution in [0.5, 0.6) is 0 Å². The third-order valence-electron chi connectivity index (χ3n) is 3.02. The summed E-state index contributed by atoms with van der Waals surface area (Å²) < 4.78 is 0. The first kappa shape index (κ1) is 15.8. The van der Waals surface area contributed by atoms with Crippen molar-refractivity contribution in [2.24, 2.45) is 11.7 Å². The maximum absolute atomic E-state index is 11.9. The number of nitrogens with two attached hydrogens (primary N) is 1. The first-order valence-corrected chi connectivity index (χ1v) is 7.20. The first-order chi connectivity index (χ1) is 9.86. The van der Waals surface area contributed by atoms with Crippen LogP contribution in [-0.2, 0) is 4.79 Å². The van der Waals surface area contributed by atoms with E-state index in [4.69, 9.17) is 28.9 Å². The number of H-pyrrole nitrogens is 1. The van der Waals surface area contributed by atoms with Crippen LogP contribution in [0.3, 0.4) is 0 Å². The van der Waals surface area contributed by atoms with Crippen LogP contribution in [0, 0.1) is 5.92 Å². The number of anilines is 1. The number of benzene rings is 1. The molecule has 0 bridgehead atoms. The number of nitrogens with one attached hydrogen (secondary N) is 2. The lowest BCUT2D eigenvalue weighted by molar-refractivity contribution is -0.118. The molecule has 2 rings (SSSR count). The second kappa shape index (κ2) is 6.47. The summed E-state index contributed by atoms with van der Waals surface area (Å²) in [6.07, 6.45) is 0. The van der Waals surface area contributed by atoms with E-state index in [2.05, 4.69) is 15.5 Å². The Balaban J connectivity index is 2.16. The molecule has 5 nitrogen and oxygen atoms in total. The normalized spacial score (nSPS) is 12.5. The monoisotopic (exact) mass is 326 g/mol. The molecule has 0 fully saturated rings. The van der Waals surface area contributed by atoms with Crippen LogP contribution in [0.15, 0.2) is 24.3 Å². The van der Waals surface area contributed by atoms with Crippen LogP contribution in [0.1, 0.15) is 13.8 Å². The number of carbonyl (C=O) groups is 1. The molecule has 0 unspecified atom stereocenters. The van der Waals surface area contributed by atoms with Crippen LogP contribution < -0.4 is 11.1 Å². The molecule has 1 aromatic carbocycles. The Hall–Kier alpha value is -1.56. The molecule has 21 heavy (non-hydrogen) atoms. The minimum atomic E-state index is -0.578. The summed E-state index contributed by atoms with van der Waals surface area (Å²) in [5, 5.41) is 10.6. The fourth-order valence-corrected chi connectivity index (χ4v) is 2.28. The van der Waals surface area contributed by atoms with Crippen molar-refractivity contribution in [1.82, 2.24) is 10.2 Å². The zero-order chi connectivity index (χ0) is 15.6. The van der Waals surface area contributed by atoms with Crippen molar-refractivity contribution in [3.63, 3.8) is 0 Å². The van der Waals surface area contributed by atoms with Gasteiger partial charge in [-0.1, -0.05) is 37.0 Å². The molecule has 0 aliphatic heterocycles. The van der Waals surface area contributed by atoms with Gasteiger partial charge < -0.3 is 11.1 Å². The highest BCUT2D eigenvalue weighted by atomic mass is 35.5. The van der Waals surface area contributed by atoms with E-state index in [1.165, 1.54) is 0 Å². The average Bonchev–Trinajstić information content (AvgIpc) is 2.85. The van der Waals surface area contributed by atoms with Crippen molar-refractivity contribution in [3.05, 3.63) is 34.3 Å². The SMILES string of the molecule is CC(C)[C@H](N)C(=O)Nc1cc(-c2cc(Cl)cc(Cl)c2)[nH]n1. The van der Waals surface area contributed by atoms with Gasteiger partial charge in [0, 0.05) is 21.7 Å². The number of aromatic amines is 1. The number of amides is 1. The van der Waals surface area contributed by atoms with Crippen LogP contribution >= 0.6 is 23.2 Å². The molecule has 2 aromatic rings. The lowest BCUT2D eigenvalue weighted by Crippen LogP contribution is -2.39. The largest absolute Gasteiger partial charge is 0.320 e. The van der Waals surface area contributed by atoms with Gasteiger partial charge in [-0.3, -0.25) is 9.89 Å². The van der Waals surface area contributed by atoms with Crippen molar-refractivity contribution in [1.29, 1.82) is 0 Å². The quantitative estimate of drug-likeness (QED) is 0.805. The Morgan fingerprint density at radius 3 is 2.43 bits per heavy atom. The molecule has 0 saturated carbocycles. The summed E-state index contributed by atoms with van der Waals surface area (Å²) >= 11 is 11.9. The molecule has 1 heterocycles. The molecule has 0 aliphatic rings. The van der Waals surface area contributed by atoms with Crippen LogP contribution in [0.2, 0.25) is 10.0 Å². The number of hydrogen-bond acceptors (Lipinski definition) is 3. The van der Waals surface area contributed by atoms with Gasteiger partial charge in [-0.25, -0.2) is 0 Å². The van der Waals surface area contributed by atoms with E-state index < -0.39 is 6.04 Å². The number of halogens is 2. The zero-order valence-electron chi connectivity index (χ0n) is 11.7. The van der Waals surface area contributed by atoms with E-state index in [1.807, 2.05) is 13.8 Å². The van der Waals surface area contributed by atoms with Crippen LogP contribution in [0.4, 0.5) is 5.82 Å². The Kier molecular flexibility index (Phi) is 4.88. The van der Waals surface area contributed by atoms with Crippen molar-refractivity contribution >= 4 is 34.9 Å². The molecule has 112 valence electrons. The lowest BCUT2D eigenvalue weighted by atomic mass is 10.1. The summed E-state index contributed by atoms with van der Waals surface area (Å²) in [7, 11) is 0. The number of hydrogen-bond donors (Lipinski definition) is 3. The molecule has 7 heteroatoms. The molecule has 0 spiro atoms. The molecular weight excluding hydrogens is 311 g/mol. The highest BCUT2D eigenvalue weighted by Gasteiger charge is 2.18. The van der Waals surface area contributed by atoms with Gasteiger partial charge in [-0.2, -0.15) is 5.10 Å². The number of carbonyl (C=O) groups excluding carboxylic acids is 1. The van der Waals surface area contributed by atoms with Gasteiger partial charge in [-0.15, -0.1) is 0 Å². The maximum Gasteiger partial charge on any atom is 0.242 e. The summed E-state index contributed by atoms with van der Waals surface area (Å²) in [5.74, 6) is 0.185. The van der Waals surface area contributed by atoms with Gasteiger partial charge in [0.1, 0.15) is 0 Å². The third-order valence-corrected chi connectivity index (χ3v) is 3.46. The van der Waals surface area contributed by atoms with Gasteiger partial charge in [0.2, 0.25) is 5.91 Å². The smallest absolute Gasteiger partial charge is 0.242 e. The summed E-state index contributed by atoms with van der Waals surface area (Å²) in [5.41, 5.74) is 7.27. The van der Waals surface area contributed by atoms with E-state index in [9.17, 15) is 4.79 Å². The summed E-state index contributed by atoms with van der Waals surface area (Å²) in [4.78, 5) is 11.9. The van der Waals surface area contributed by atoms with Crippen LogP contribution in [0.25, 0.3) is 11.3 Å². The zero-order valence-corrected chi connectivity index (χ0v) is 13.2. The fraction of sp³-hybridized carbons (Fsp3) is 0.286. The summed E-state index contributed by atoms with van der Waals surface area (Å²) in [6.45, 7) is 3.77. The van der Waals surface area contributed by atoms with Gasteiger partial charge in [0.25, 0.3) is 0 Å². The van der Waals surface area contributed by atoms with E-state index in [1.54, 1.807) is 24.3 Å². The highest BCUT2D eigenvalue weighted by molar-refractivity contribution is 6.35. The van der Waals surface area contributed by atoms with Crippen LogP contribution in [-0.4, -0.2) is 22.1 Å². The predicted molar refractivity (Wildman–Crippen MR) is 85.5 cm³/mol. The lowest BCUT2D eigenvalue weighted by Gasteiger charge is -2.13. The number of aromatic nitrogens is 2. The maximum atomic E-state index is 11.9. The minimum absolute atomic E-state index is 0.0511. The Morgan fingerprint density at radius 1 is 1.24 bits per heavy atom. The third kappa shape index (κ3) is 3.97. The van der Waals surface area contributed by atoms with Gasteiger partial charge in [0.15, 0.2) is 5.82 Å². The van der Waals surface area contributed by atoms with Crippen molar-refractivity contribution in [3.8, 4) is 11.3 Å². The molecule has 0 radical (unpaired) electrons. The van der Waals surface area contributed by atoms with E-state index in [0.29, 0.717) is 21.6 Å². The van der Waals surface area contributed by atoms with E-state index >= 15 is 0 Å². The molecule has 0 saturated heterocycles. The van der Waals surface area contributed by atoms with E-state index in [0.717, 1.165) is 5.56 Å². The second-order valence-corrected chi connectivity index (χ2v) is 5.96. The topological polar surface area (TPSA) is 83.8 Å². The van der Waals surface area contributed by atoms with Gasteiger partial charge in [-0.05, 0) is 24.1 Å². The molecule has 1 amide bonds. The Bertz CT molecular complexity index is 634. The van der Waals surface area contributed by atoms with Gasteiger partial charge >= 0.3 is 0 Å². The fourth-order valence-electron chi connectivity index (χ4n) is 1.76. The molecular formula is C14H16Cl2N4O. The standard InChI is InChI=1S/C14H16Cl2N4O/c1-7(2)13(17)14(21)18-12-6-11(19-20-12)8-3-9(15)5-10(16)4-8/h3-7,13H,17H2,1-2H3,(H2,18,19,20,21)/t13-/m0/s1. The first-order valence-electron chi connectivity index (χ1n) is 6.45. The minimum Gasteiger partial charge on any atom is -0.320 e. The average molecular weight is 327 g/mol. The van der Waals surface area contributed by atoms with Gasteiger partial charge in [0.05, 0.1) is 11.7 Å². The van der Waals surface area contributed by atoms with Crippen molar-refractivity contribution < 1.29 is 4.79 Å². The Labute approximate surface area is 132 Å². The van der Waals surface area contributed by atoms with E-state index in [-0.39, 0.29) is 11.8 Å².